The van der Waals surface area contributed by atoms with E-state index in [1.807, 2.05) is 19.9 Å². The molecule has 0 saturated carbocycles. The fourth-order valence-electron chi connectivity index (χ4n) is 6.52. The molecule has 35 heavy (non-hydrogen) atoms. The van der Waals surface area contributed by atoms with Crippen molar-refractivity contribution in [3.05, 3.63) is 114 Å². The molecule has 0 spiro atoms. The molecule has 6 aromatic rings. The van der Waals surface area contributed by atoms with Crippen molar-refractivity contribution in [3.8, 4) is 33.4 Å². The van der Waals surface area contributed by atoms with Crippen LogP contribution in [0.4, 0.5) is 0 Å². The fraction of sp³-hybridized carbons (Fsp3) is 0.0857. The highest BCUT2D eigenvalue weighted by molar-refractivity contribution is 6.30. The predicted octanol–water partition coefficient (Wildman–Crippen LogP) is 9.08. The first kappa shape index (κ1) is 20.2. The molecule has 0 fully saturated rings. The summed E-state index contributed by atoms with van der Waals surface area (Å²) < 4.78 is 0. The summed E-state index contributed by atoms with van der Waals surface area (Å²) in [6, 6.07) is 31.7. The van der Waals surface area contributed by atoms with E-state index >= 15 is 0 Å². The standard InChI is InChI=1S/C33H20.C2H6/c1-2-7-24-28-16-14-25-21-10-5-6-11-22(21)26-15-17-29(33(28)32(25)26)27-13-12-23-20-9-4-3-8-19(20)18-30(23)31(24)27;1-2/h2-17H,1,18H2;1-2H3/b24-7-;. The van der Waals surface area contributed by atoms with E-state index in [-0.39, 0.29) is 0 Å². The Labute approximate surface area is 205 Å². The molecule has 0 radical (unpaired) electrons. The van der Waals surface area contributed by atoms with E-state index in [0.29, 0.717) is 0 Å². The van der Waals surface area contributed by atoms with E-state index in [1.165, 1.54) is 82.0 Å². The average molecular weight is 447 g/mol. The van der Waals surface area contributed by atoms with Gasteiger partial charge in [0, 0.05) is 0 Å². The second-order valence-electron chi connectivity index (χ2n) is 9.28. The maximum absolute atomic E-state index is 4.08. The minimum atomic E-state index is 0.989. The maximum Gasteiger partial charge on any atom is -0.000706 e. The smallest absolute Gasteiger partial charge is 0.000706 e. The quantitative estimate of drug-likeness (QED) is 0.174. The molecule has 166 valence electrons. The van der Waals surface area contributed by atoms with E-state index in [9.17, 15) is 0 Å². The molecule has 0 nitrogen and oxygen atoms in total. The summed E-state index contributed by atoms with van der Waals surface area (Å²) in [5, 5.41) is 9.50. The van der Waals surface area contributed by atoms with Crippen molar-refractivity contribution in [3.63, 3.8) is 0 Å². The van der Waals surface area contributed by atoms with E-state index in [0.717, 1.165) is 6.42 Å². The normalized spacial score (nSPS) is 13.0. The average Bonchev–Trinajstić information content (AvgIpc) is 3.46. The van der Waals surface area contributed by atoms with Crippen molar-refractivity contribution < 1.29 is 0 Å². The highest BCUT2D eigenvalue weighted by atomic mass is 14.3. The van der Waals surface area contributed by atoms with Gasteiger partial charge in [-0.3, -0.25) is 0 Å². The molecular formula is C35H26. The van der Waals surface area contributed by atoms with Gasteiger partial charge in [0.05, 0.1) is 0 Å². The van der Waals surface area contributed by atoms with Crippen LogP contribution in [-0.4, -0.2) is 0 Å². The van der Waals surface area contributed by atoms with Gasteiger partial charge < -0.3 is 0 Å². The van der Waals surface area contributed by atoms with Crippen LogP contribution in [0.1, 0.15) is 25.0 Å². The Hall–Kier alpha value is -4.16. The molecule has 2 aliphatic carbocycles. The molecular weight excluding hydrogens is 420 g/mol. The summed E-state index contributed by atoms with van der Waals surface area (Å²) in [4.78, 5) is 0. The number of fused-ring (bicyclic) bond motifs is 9. The highest BCUT2D eigenvalue weighted by Gasteiger charge is 2.26. The molecule has 0 bridgehead atoms. The number of allylic oxidation sites excluding steroid dienone is 1. The topological polar surface area (TPSA) is 0 Å². The molecule has 0 aromatic heterocycles. The number of hydrogen-bond donors (Lipinski definition) is 0. The van der Waals surface area contributed by atoms with Gasteiger partial charge in [0.15, 0.2) is 0 Å². The van der Waals surface area contributed by atoms with Gasteiger partial charge in [-0.1, -0.05) is 118 Å². The molecule has 0 heterocycles. The largest absolute Gasteiger partial charge is 0.0990 e. The lowest BCUT2D eigenvalue weighted by molar-refractivity contribution is 1.28. The minimum Gasteiger partial charge on any atom is -0.0990 e. The summed E-state index contributed by atoms with van der Waals surface area (Å²) >= 11 is 0. The van der Waals surface area contributed by atoms with Crippen LogP contribution in [0.25, 0.3) is 71.8 Å². The van der Waals surface area contributed by atoms with E-state index in [1.54, 1.807) is 0 Å². The lowest BCUT2D eigenvalue weighted by Crippen LogP contribution is -2.08. The predicted molar refractivity (Wildman–Crippen MR) is 153 cm³/mol. The van der Waals surface area contributed by atoms with E-state index < -0.39 is 0 Å². The van der Waals surface area contributed by atoms with Gasteiger partial charge in [0.1, 0.15) is 0 Å². The molecule has 2 aliphatic rings. The van der Waals surface area contributed by atoms with Crippen molar-refractivity contribution in [2.45, 2.75) is 20.3 Å². The van der Waals surface area contributed by atoms with Gasteiger partial charge in [-0.05, 0) is 88.5 Å². The molecule has 8 rings (SSSR count). The minimum absolute atomic E-state index is 0.989. The Morgan fingerprint density at radius 3 is 1.80 bits per heavy atom. The second-order valence-corrected chi connectivity index (χ2v) is 9.28. The third-order valence-electron chi connectivity index (χ3n) is 7.79. The first-order chi connectivity index (χ1) is 17.3. The third kappa shape index (κ3) is 2.52. The van der Waals surface area contributed by atoms with Crippen LogP contribution in [0.15, 0.2) is 97.6 Å². The van der Waals surface area contributed by atoms with E-state index in [2.05, 4.69) is 97.6 Å². The first-order valence-corrected chi connectivity index (χ1v) is 12.6. The van der Waals surface area contributed by atoms with Crippen molar-refractivity contribution in [1.82, 2.24) is 0 Å². The molecule has 6 aromatic carbocycles. The van der Waals surface area contributed by atoms with Gasteiger partial charge in [-0.25, -0.2) is 0 Å². The Balaban J connectivity index is 0.00000103. The molecule has 0 heteroatoms. The Bertz CT molecular complexity index is 1870. The fourth-order valence-corrected chi connectivity index (χ4v) is 6.52. The summed E-state index contributed by atoms with van der Waals surface area (Å²) in [5.74, 6) is 0. The number of rotatable bonds is 1. The monoisotopic (exact) mass is 446 g/mol. The first-order valence-electron chi connectivity index (χ1n) is 12.6. The van der Waals surface area contributed by atoms with Crippen molar-refractivity contribution >= 4 is 38.4 Å². The SMILES string of the molecule is C=C/C=c1/c2ccc3c4c(ccc(c5ccc6c(c15)Cc1ccccc1-6)c42)-c1ccccc1-3.CC. The van der Waals surface area contributed by atoms with Crippen molar-refractivity contribution in [2.75, 3.05) is 0 Å². The van der Waals surface area contributed by atoms with Crippen LogP contribution in [0, 0.1) is 0 Å². The zero-order chi connectivity index (χ0) is 23.7. The zero-order valence-corrected chi connectivity index (χ0v) is 20.2. The Kier molecular flexibility index (Phi) is 4.29. The van der Waals surface area contributed by atoms with Gasteiger partial charge in [0.2, 0.25) is 0 Å². The third-order valence-corrected chi connectivity index (χ3v) is 7.79. The lowest BCUT2D eigenvalue weighted by atomic mass is 9.87. The summed E-state index contributed by atoms with van der Waals surface area (Å²) in [6.07, 6.45) is 5.16. The van der Waals surface area contributed by atoms with Crippen LogP contribution < -0.4 is 5.22 Å². The number of hydrogen-bond acceptors (Lipinski definition) is 0. The molecule has 0 aliphatic heterocycles. The maximum atomic E-state index is 4.08. The summed E-state index contributed by atoms with van der Waals surface area (Å²) in [7, 11) is 0. The second kappa shape index (κ2) is 7.42. The van der Waals surface area contributed by atoms with Crippen LogP contribution in [0.3, 0.4) is 0 Å². The molecule has 0 unspecified atom stereocenters. The van der Waals surface area contributed by atoms with Crippen LogP contribution in [0.5, 0.6) is 0 Å². The molecule has 0 N–H and O–H groups in total. The van der Waals surface area contributed by atoms with Gasteiger partial charge in [-0.15, -0.1) is 0 Å². The molecule has 0 amide bonds. The van der Waals surface area contributed by atoms with Gasteiger partial charge in [-0.2, -0.15) is 0 Å². The Morgan fingerprint density at radius 1 is 0.543 bits per heavy atom. The van der Waals surface area contributed by atoms with Gasteiger partial charge in [0.25, 0.3) is 0 Å². The lowest BCUT2D eigenvalue weighted by Gasteiger charge is -2.16. The molecule has 0 saturated heterocycles. The summed E-state index contributed by atoms with van der Waals surface area (Å²) in [6.45, 7) is 8.08. The van der Waals surface area contributed by atoms with Crippen molar-refractivity contribution in [2.24, 2.45) is 0 Å². The summed E-state index contributed by atoms with van der Waals surface area (Å²) in [5.41, 5.74) is 11.0. The van der Waals surface area contributed by atoms with Gasteiger partial charge >= 0.3 is 0 Å². The van der Waals surface area contributed by atoms with Crippen LogP contribution in [-0.2, 0) is 6.42 Å². The Morgan fingerprint density at radius 2 is 1.11 bits per heavy atom. The van der Waals surface area contributed by atoms with Crippen LogP contribution >= 0.6 is 0 Å². The highest BCUT2D eigenvalue weighted by Crippen LogP contribution is 2.50. The van der Waals surface area contributed by atoms with Crippen LogP contribution in [0.2, 0.25) is 0 Å². The number of benzene rings is 6. The van der Waals surface area contributed by atoms with E-state index in [4.69, 9.17) is 0 Å². The van der Waals surface area contributed by atoms with Crippen molar-refractivity contribution in [1.29, 1.82) is 0 Å². The zero-order valence-electron chi connectivity index (χ0n) is 20.2. The molecule has 0 atom stereocenters.